The lowest BCUT2D eigenvalue weighted by Crippen LogP contribution is -2.22. The molecule has 1 aliphatic rings. The largest absolute Gasteiger partial charge is 0.504 e. The molecule has 8 heteroatoms. The second-order valence-corrected chi connectivity index (χ2v) is 9.06. The van der Waals surface area contributed by atoms with E-state index in [1.807, 2.05) is 12.1 Å². The molecule has 2 aromatic rings. The first-order valence-corrected chi connectivity index (χ1v) is 12.3. The Labute approximate surface area is 207 Å². The van der Waals surface area contributed by atoms with Gasteiger partial charge in [-0.3, -0.25) is 0 Å². The number of ether oxygens (including phenoxy) is 4. The molecular weight excluding hydrogens is 452 g/mol. The standard InChI is InChI=1S/C27H38O8/c1-32-25-14-19(15-26(33-2)27(25)31)7-10-20(29)16-22(34-17-28)11-8-18-9-12-23(30)24(13-18)35-21-5-3-4-6-21/h9,12-15,20-22,28-31H,3-8,10-11,16-17H2,1-2H3/t20-,22-/m0/s1. The zero-order valence-electron chi connectivity index (χ0n) is 20.6. The van der Waals surface area contributed by atoms with Crippen LogP contribution in [0, 0.1) is 0 Å². The first-order chi connectivity index (χ1) is 16.9. The van der Waals surface area contributed by atoms with E-state index in [4.69, 9.17) is 18.9 Å². The zero-order valence-corrected chi connectivity index (χ0v) is 20.6. The molecule has 0 radical (unpaired) electrons. The van der Waals surface area contributed by atoms with E-state index in [2.05, 4.69) is 0 Å². The average molecular weight is 491 g/mol. The minimum atomic E-state index is -0.640. The van der Waals surface area contributed by atoms with Gasteiger partial charge in [0.15, 0.2) is 23.0 Å². The van der Waals surface area contributed by atoms with Crippen molar-refractivity contribution < 1.29 is 39.4 Å². The Hall–Kier alpha value is -2.68. The molecular formula is C27H38O8. The van der Waals surface area contributed by atoms with Gasteiger partial charge in [-0.1, -0.05) is 6.07 Å². The van der Waals surface area contributed by atoms with Crippen molar-refractivity contribution >= 4 is 0 Å². The lowest BCUT2D eigenvalue weighted by molar-refractivity contribution is -0.0690. The molecule has 35 heavy (non-hydrogen) atoms. The SMILES string of the molecule is COc1cc(CC[C@H](O)C[C@H](CCc2ccc(O)c(OC3CCCC3)c2)OCO)cc(OC)c1O. The van der Waals surface area contributed by atoms with E-state index >= 15 is 0 Å². The van der Waals surface area contributed by atoms with Crippen LogP contribution in [-0.2, 0) is 17.6 Å². The van der Waals surface area contributed by atoms with E-state index in [0.717, 1.165) is 36.8 Å². The Balaban J connectivity index is 1.53. The molecule has 0 saturated heterocycles. The first kappa shape index (κ1) is 26.9. The van der Waals surface area contributed by atoms with Crippen LogP contribution in [0.5, 0.6) is 28.7 Å². The van der Waals surface area contributed by atoms with Gasteiger partial charge < -0.3 is 39.4 Å². The molecule has 0 aromatic heterocycles. The van der Waals surface area contributed by atoms with Crippen molar-refractivity contribution in [1.29, 1.82) is 0 Å². The summed E-state index contributed by atoms with van der Waals surface area (Å²) in [6, 6.07) is 8.82. The number of methoxy groups -OCH3 is 2. The Morgan fingerprint density at radius 1 is 0.886 bits per heavy atom. The normalized spacial score (nSPS) is 15.7. The highest BCUT2D eigenvalue weighted by molar-refractivity contribution is 5.52. The Kier molecular flexibility index (Phi) is 10.3. The van der Waals surface area contributed by atoms with Crippen LogP contribution < -0.4 is 14.2 Å². The van der Waals surface area contributed by atoms with Gasteiger partial charge in [0.2, 0.25) is 5.75 Å². The number of benzene rings is 2. The van der Waals surface area contributed by atoms with Crippen LogP contribution in [0.3, 0.4) is 0 Å². The van der Waals surface area contributed by atoms with Gasteiger partial charge in [0.05, 0.1) is 32.5 Å². The highest BCUT2D eigenvalue weighted by Gasteiger charge is 2.20. The molecule has 0 heterocycles. The minimum absolute atomic E-state index is 0.0539. The number of aromatic hydroxyl groups is 2. The molecule has 0 bridgehead atoms. The van der Waals surface area contributed by atoms with Crippen LogP contribution >= 0.6 is 0 Å². The van der Waals surface area contributed by atoms with Crippen molar-refractivity contribution in [2.45, 2.75) is 76.1 Å². The summed E-state index contributed by atoms with van der Waals surface area (Å²) in [6.07, 6.45) is 6.18. The summed E-state index contributed by atoms with van der Waals surface area (Å²) >= 11 is 0. The minimum Gasteiger partial charge on any atom is -0.504 e. The summed E-state index contributed by atoms with van der Waals surface area (Å²) in [4.78, 5) is 0. The number of phenolic OH excluding ortho intramolecular Hbond substituents is 2. The molecule has 0 amide bonds. The molecule has 2 atom stereocenters. The molecule has 2 aromatic carbocycles. The van der Waals surface area contributed by atoms with Crippen LogP contribution in [0.4, 0.5) is 0 Å². The second-order valence-electron chi connectivity index (χ2n) is 9.06. The molecule has 0 unspecified atom stereocenters. The predicted molar refractivity (Wildman–Crippen MR) is 131 cm³/mol. The number of hydrogen-bond donors (Lipinski definition) is 4. The van der Waals surface area contributed by atoms with Gasteiger partial charge in [-0.25, -0.2) is 0 Å². The summed E-state index contributed by atoms with van der Waals surface area (Å²) < 4.78 is 21.9. The van der Waals surface area contributed by atoms with E-state index in [9.17, 15) is 20.4 Å². The van der Waals surface area contributed by atoms with Crippen LogP contribution in [0.1, 0.15) is 56.1 Å². The van der Waals surface area contributed by atoms with Crippen molar-refractivity contribution in [2.24, 2.45) is 0 Å². The molecule has 194 valence electrons. The third kappa shape index (κ3) is 7.92. The molecule has 1 fully saturated rings. The number of phenols is 2. The van der Waals surface area contributed by atoms with Crippen molar-refractivity contribution in [2.75, 3.05) is 21.0 Å². The third-order valence-electron chi connectivity index (χ3n) is 6.53. The third-order valence-corrected chi connectivity index (χ3v) is 6.53. The summed E-state index contributed by atoms with van der Waals surface area (Å²) in [7, 11) is 2.95. The number of hydrogen-bond acceptors (Lipinski definition) is 8. The number of aliphatic hydroxyl groups excluding tert-OH is 2. The van der Waals surface area contributed by atoms with E-state index in [0.29, 0.717) is 49.4 Å². The number of rotatable bonds is 14. The summed E-state index contributed by atoms with van der Waals surface area (Å²) in [5, 5.41) is 40.2. The van der Waals surface area contributed by atoms with Crippen molar-refractivity contribution in [1.82, 2.24) is 0 Å². The smallest absolute Gasteiger partial charge is 0.200 e. The van der Waals surface area contributed by atoms with E-state index in [1.54, 1.807) is 18.2 Å². The molecule has 1 aliphatic carbocycles. The Morgan fingerprint density at radius 2 is 1.51 bits per heavy atom. The Morgan fingerprint density at radius 3 is 2.14 bits per heavy atom. The highest BCUT2D eigenvalue weighted by Crippen LogP contribution is 2.37. The van der Waals surface area contributed by atoms with Gasteiger partial charge in [-0.15, -0.1) is 0 Å². The van der Waals surface area contributed by atoms with E-state index in [-0.39, 0.29) is 23.7 Å². The van der Waals surface area contributed by atoms with Crippen LogP contribution in [0.15, 0.2) is 30.3 Å². The molecule has 1 saturated carbocycles. The van der Waals surface area contributed by atoms with Gasteiger partial charge in [0, 0.05) is 0 Å². The van der Waals surface area contributed by atoms with Crippen molar-refractivity contribution in [3.8, 4) is 28.7 Å². The lowest BCUT2D eigenvalue weighted by Gasteiger charge is -2.21. The fourth-order valence-electron chi connectivity index (χ4n) is 4.54. The molecule has 0 aliphatic heterocycles. The van der Waals surface area contributed by atoms with Crippen molar-refractivity contribution in [3.05, 3.63) is 41.5 Å². The van der Waals surface area contributed by atoms with Crippen LogP contribution in [0.2, 0.25) is 0 Å². The fraction of sp³-hybridized carbons (Fsp3) is 0.556. The molecule has 3 rings (SSSR count). The fourth-order valence-corrected chi connectivity index (χ4v) is 4.54. The van der Waals surface area contributed by atoms with Gasteiger partial charge in [0.1, 0.15) is 6.79 Å². The predicted octanol–water partition coefficient (Wildman–Crippen LogP) is 4.09. The Bertz CT molecular complexity index is 900. The maximum atomic E-state index is 10.6. The van der Waals surface area contributed by atoms with E-state index in [1.165, 1.54) is 14.2 Å². The maximum Gasteiger partial charge on any atom is 0.200 e. The summed E-state index contributed by atoms with van der Waals surface area (Å²) in [5.74, 6) is 1.23. The van der Waals surface area contributed by atoms with Crippen molar-refractivity contribution in [3.63, 3.8) is 0 Å². The summed E-state index contributed by atoms with van der Waals surface area (Å²) in [6.45, 7) is -0.421. The maximum absolute atomic E-state index is 10.6. The number of aryl methyl sites for hydroxylation is 2. The van der Waals surface area contributed by atoms with Crippen LogP contribution in [0.25, 0.3) is 0 Å². The molecule has 8 nitrogen and oxygen atoms in total. The lowest BCUT2D eigenvalue weighted by atomic mass is 9.98. The quantitative estimate of drug-likeness (QED) is 0.293. The van der Waals surface area contributed by atoms with E-state index < -0.39 is 12.9 Å². The number of aliphatic hydroxyl groups is 2. The molecule has 4 N–H and O–H groups in total. The van der Waals surface area contributed by atoms with Gasteiger partial charge in [-0.05, 0) is 93.2 Å². The zero-order chi connectivity index (χ0) is 25.2. The highest BCUT2D eigenvalue weighted by atomic mass is 16.6. The van der Waals surface area contributed by atoms with Crippen LogP contribution in [-0.4, -0.2) is 59.8 Å². The topological polar surface area (TPSA) is 118 Å². The summed E-state index contributed by atoms with van der Waals surface area (Å²) in [5.41, 5.74) is 1.87. The van der Waals surface area contributed by atoms with Gasteiger partial charge in [-0.2, -0.15) is 0 Å². The molecule has 0 spiro atoms. The first-order valence-electron chi connectivity index (χ1n) is 12.3. The van der Waals surface area contributed by atoms with Gasteiger partial charge >= 0.3 is 0 Å². The average Bonchev–Trinajstić information content (AvgIpc) is 3.37. The second kappa shape index (κ2) is 13.4. The van der Waals surface area contributed by atoms with Gasteiger partial charge in [0.25, 0.3) is 0 Å². The monoisotopic (exact) mass is 490 g/mol.